The molecule has 0 radical (unpaired) electrons. The molecule has 5 aromatic carbocycles. The molecular formula is C35H33N2OPS. The molecule has 40 heavy (non-hydrogen) atoms. The van der Waals surface area contributed by atoms with E-state index in [2.05, 4.69) is 144 Å². The third-order valence-electron chi connectivity index (χ3n) is 7.33. The summed E-state index contributed by atoms with van der Waals surface area (Å²) in [5.74, 6) is 0.627. The van der Waals surface area contributed by atoms with E-state index < -0.39 is 18.9 Å². The summed E-state index contributed by atoms with van der Waals surface area (Å²) < 4.78 is 17.2. The van der Waals surface area contributed by atoms with Crippen LogP contribution in [0.2, 0.25) is 0 Å². The van der Waals surface area contributed by atoms with E-state index in [1.807, 2.05) is 0 Å². The fourth-order valence-electron chi connectivity index (χ4n) is 5.43. The van der Waals surface area contributed by atoms with Gasteiger partial charge in [0.15, 0.2) is 0 Å². The van der Waals surface area contributed by atoms with Crippen molar-refractivity contribution in [1.29, 1.82) is 0 Å². The number of aromatic amines is 1. The highest BCUT2D eigenvalue weighted by Crippen LogP contribution is 2.41. The van der Waals surface area contributed by atoms with Gasteiger partial charge in [-0.25, -0.2) is 8.93 Å². The normalized spacial score (nSPS) is 13.2. The summed E-state index contributed by atoms with van der Waals surface area (Å²) in [6, 6.07) is 44.8. The Kier molecular flexibility index (Phi) is 8.20. The van der Waals surface area contributed by atoms with Crippen LogP contribution in [0.1, 0.15) is 36.9 Å². The molecule has 2 N–H and O–H groups in total. The second-order valence-corrected chi connectivity index (χ2v) is 13.4. The summed E-state index contributed by atoms with van der Waals surface area (Å²) in [6.07, 6.45) is 1.93. The molecule has 1 heterocycles. The van der Waals surface area contributed by atoms with Gasteiger partial charge >= 0.3 is 0 Å². The average molecular weight is 561 g/mol. The molecular weight excluding hydrogens is 527 g/mol. The lowest BCUT2D eigenvalue weighted by Gasteiger charge is -2.26. The van der Waals surface area contributed by atoms with Crippen LogP contribution < -0.4 is 20.8 Å². The molecule has 0 fully saturated rings. The second kappa shape index (κ2) is 12.3. The van der Waals surface area contributed by atoms with E-state index in [9.17, 15) is 4.21 Å². The van der Waals surface area contributed by atoms with E-state index in [0.29, 0.717) is 5.75 Å². The van der Waals surface area contributed by atoms with E-state index in [1.165, 1.54) is 32.4 Å². The lowest BCUT2D eigenvalue weighted by molar-refractivity contribution is 0.658. The summed E-state index contributed by atoms with van der Waals surface area (Å²) in [7, 11) is -2.10. The molecule has 0 bridgehead atoms. The van der Waals surface area contributed by atoms with Crippen LogP contribution >= 0.6 is 7.92 Å². The minimum atomic E-state index is -1.19. The van der Waals surface area contributed by atoms with E-state index in [-0.39, 0.29) is 6.04 Å². The second-order valence-electron chi connectivity index (χ2n) is 9.96. The van der Waals surface area contributed by atoms with Crippen molar-refractivity contribution in [3.8, 4) is 0 Å². The maximum absolute atomic E-state index is 13.6. The maximum Gasteiger partial charge on any atom is 0.0924 e. The fraction of sp³-hybridized carbons (Fsp3) is 0.143. The predicted molar refractivity (Wildman–Crippen MR) is 174 cm³/mol. The Labute approximate surface area is 240 Å². The SMILES string of the molecule is CCCC[S@](=O)N[C@H](c1cccc2ccccc12)c1c(P(c2ccccc2)c2ccccc2)[nH]c2ccccc12. The molecule has 0 amide bonds. The molecule has 0 saturated carbocycles. The van der Waals surface area contributed by atoms with Crippen molar-refractivity contribution in [2.45, 2.75) is 25.8 Å². The molecule has 0 unspecified atom stereocenters. The van der Waals surface area contributed by atoms with Gasteiger partial charge in [-0.15, -0.1) is 0 Å². The van der Waals surface area contributed by atoms with Crippen LogP contribution in [0.15, 0.2) is 127 Å². The van der Waals surface area contributed by atoms with Crippen molar-refractivity contribution in [3.63, 3.8) is 0 Å². The number of para-hydroxylation sites is 1. The van der Waals surface area contributed by atoms with Crippen LogP contribution in [0.4, 0.5) is 0 Å². The Hall–Kier alpha value is -3.56. The van der Waals surface area contributed by atoms with Gasteiger partial charge in [-0.2, -0.15) is 0 Å². The number of hydrogen-bond acceptors (Lipinski definition) is 1. The first-order valence-electron chi connectivity index (χ1n) is 13.9. The number of unbranched alkanes of at least 4 members (excludes halogenated alkanes) is 1. The molecule has 3 nitrogen and oxygen atoms in total. The minimum absolute atomic E-state index is 0.257. The quantitative estimate of drug-likeness (QED) is 0.171. The number of fused-ring (bicyclic) bond motifs is 2. The van der Waals surface area contributed by atoms with Gasteiger partial charge in [-0.3, -0.25) is 0 Å². The van der Waals surface area contributed by atoms with Gasteiger partial charge in [-0.05, 0) is 39.4 Å². The van der Waals surface area contributed by atoms with Gasteiger partial charge < -0.3 is 4.98 Å². The summed E-state index contributed by atoms with van der Waals surface area (Å²) in [5.41, 5.74) is 4.60. The highest BCUT2D eigenvalue weighted by Gasteiger charge is 2.30. The van der Waals surface area contributed by atoms with Gasteiger partial charge in [0.1, 0.15) is 0 Å². The Morgan fingerprint density at radius 3 is 2.02 bits per heavy atom. The summed E-state index contributed by atoms with van der Waals surface area (Å²) in [6.45, 7) is 2.14. The first-order chi connectivity index (χ1) is 19.7. The standard InChI is InChI=1S/C35H33N2OPS/c1-2-3-25-40(38)37-34(30-23-14-16-26-15-10-11-21-29(26)30)33-31-22-12-13-24-32(31)36-35(33)39(27-17-6-4-7-18-27)28-19-8-5-9-20-28/h4-24,34,36-37H,2-3,25H2,1H3/t34-,40+/m1/s1. The maximum atomic E-state index is 13.6. The largest absolute Gasteiger partial charge is 0.354 e. The van der Waals surface area contributed by atoms with Crippen molar-refractivity contribution >= 4 is 56.6 Å². The Morgan fingerprint density at radius 1 is 0.725 bits per heavy atom. The van der Waals surface area contributed by atoms with Gasteiger partial charge in [0.25, 0.3) is 0 Å². The van der Waals surface area contributed by atoms with Gasteiger partial charge in [0.05, 0.1) is 22.5 Å². The highest BCUT2D eigenvalue weighted by molar-refractivity contribution is 7.83. The third-order valence-corrected chi connectivity index (χ3v) is 10.9. The topological polar surface area (TPSA) is 44.9 Å². The molecule has 6 rings (SSSR count). The molecule has 2 atom stereocenters. The van der Waals surface area contributed by atoms with Crippen molar-refractivity contribution in [2.24, 2.45) is 0 Å². The third kappa shape index (κ3) is 5.40. The highest BCUT2D eigenvalue weighted by atomic mass is 32.2. The van der Waals surface area contributed by atoms with E-state index in [4.69, 9.17) is 0 Å². The summed E-state index contributed by atoms with van der Waals surface area (Å²) in [4.78, 5) is 3.87. The van der Waals surface area contributed by atoms with Gasteiger partial charge in [0.2, 0.25) is 0 Å². The number of H-pyrrole nitrogens is 1. The molecule has 5 heteroatoms. The zero-order valence-corrected chi connectivity index (χ0v) is 24.3. The molecule has 0 aliphatic carbocycles. The molecule has 6 aromatic rings. The number of hydrogen-bond donors (Lipinski definition) is 2. The van der Waals surface area contributed by atoms with Gasteiger partial charge in [0, 0.05) is 30.1 Å². The van der Waals surface area contributed by atoms with E-state index in [0.717, 1.165) is 29.3 Å². The molecule has 200 valence electrons. The minimum Gasteiger partial charge on any atom is -0.354 e. The first kappa shape index (κ1) is 26.7. The van der Waals surface area contributed by atoms with E-state index in [1.54, 1.807) is 0 Å². The molecule has 0 saturated heterocycles. The number of nitrogens with one attached hydrogen (secondary N) is 2. The van der Waals surface area contributed by atoms with Crippen LogP contribution in [0.5, 0.6) is 0 Å². The van der Waals surface area contributed by atoms with Crippen LogP contribution in [0.3, 0.4) is 0 Å². The molecule has 0 aliphatic rings. The first-order valence-corrected chi connectivity index (χ1v) is 16.5. The van der Waals surface area contributed by atoms with E-state index >= 15 is 0 Å². The van der Waals surface area contributed by atoms with Crippen molar-refractivity contribution in [2.75, 3.05) is 5.75 Å². The lowest BCUT2D eigenvalue weighted by Crippen LogP contribution is -2.32. The Bertz CT molecular complexity index is 1710. The number of aromatic nitrogens is 1. The van der Waals surface area contributed by atoms with Crippen molar-refractivity contribution in [3.05, 3.63) is 139 Å². The zero-order chi connectivity index (χ0) is 27.3. The zero-order valence-electron chi connectivity index (χ0n) is 22.6. The Morgan fingerprint density at radius 2 is 1.32 bits per heavy atom. The van der Waals surface area contributed by atoms with Crippen molar-refractivity contribution < 1.29 is 4.21 Å². The molecule has 0 aliphatic heterocycles. The van der Waals surface area contributed by atoms with Crippen molar-refractivity contribution in [1.82, 2.24) is 9.71 Å². The number of rotatable bonds is 10. The molecule has 1 aromatic heterocycles. The Balaban J connectivity index is 1.64. The number of benzene rings is 5. The van der Waals surface area contributed by atoms with Crippen LogP contribution in [-0.2, 0) is 11.0 Å². The monoisotopic (exact) mass is 560 g/mol. The summed E-state index contributed by atoms with van der Waals surface area (Å²) in [5, 5.41) is 6.08. The smallest absolute Gasteiger partial charge is 0.0924 e. The molecule has 0 spiro atoms. The van der Waals surface area contributed by atoms with Crippen LogP contribution in [0, 0.1) is 0 Å². The van der Waals surface area contributed by atoms with Crippen LogP contribution in [0.25, 0.3) is 21.7 Å². The lowest BCUT2D eigenvalue weighted by atomic mass is 9.94. The predicted octanol–water partition coefficient (Wildman–Crippen LogP) is 7.22. The summed E-state index contributed by atoms with van der Waals surface area (Å²) >= 11 is 0. The average Bonchev–Trinajstić information content (AvgIpc) is 3.38. The fourth-order valence-corrected chi connectivity index (χ4v) is 9.08. The van der Waals surface area contributed by atoms with Crippen LogP contribution in [-0.4, -0.2) is 14.9 Å². The van der Waals surface area contributed by atoms with Gasteiger partial charge in [-0.1, -0.05) is 135 Å².